The van der Waals surface area contributed by atoms with E-state index >= 15 is 0 Å². The molecule has 0 radical (unpaired) electrons. The van der Waals surface area contributed by atoms with E-state index in [1.807, 2.05) is 11.6 Å². The molecule has 27 heavy (non-hydrogen) atoms. The van der Waals surface area contributed by atoms with Crippen LogP contribution in [-0.2, 0) is 6.54 Å². The largest absolute Gasteiger partial charge is 0.396 e. The minimum absolute atomic E-state index is 0.224. The van der Waals surface area contributed by atoms with Crippen molar-refractivity contribution in [2.45, 2.75) is 52.7 Å². The summed E-state index contributed by atoms with van der Waals surface area (Å²) >= 11 is 0. The summed E-state index contributed by atoms with van der Waals surface area (Å²) in [5.74, 6) is -0.238. The highest BCUT2D eigenvalue weighted by Crippen LogP contribution is 2.23. The Balaban J connectivity index is 1.77. The Morgan fingerprint density at radius 3 is 2.52 bits per heavy atom. The van der Waals surface area contributed by atoms with Gasteiger partial charge in [-0.05, 0) is 58.4 Å². The van der Waals surface area contributed by atoms with E-state index in [1.165, 1.54) is 17.7 Å². The molecule has 3 rings (SSSR count). The smallest absolute Gasteiger partial charge is 0.123 e. The van der Waals surface area contributed by atoms with Crippen LogP contribution in [0.2, 0.25) is 0 Å². The summed E-state index contributed by atoms with van der Waals surface area (Å²) in [6, 6.07) is 7.34. The molecule has 5 nitrogen and oxygen atoms in total. The lowest BCUT2D eigenvalue weighted by Crippen LogP contribution is -2.55. The predicted octanol–water partition coefficient (Wildman–Crippen LogP) is 2.91. The van der Waals surface area contributed by atoms with Gasteiger partial charge in [-0.3, -0.25) is 9.80 Å². The Morgan fingerprint density at radius 1 is 1.19 bits per heavy atom. The number of halogens is 1. The van der Waals surface area contributed by atoms with Crippen molar-refractivity contribution < 1.29 is 9.50 Å². The van der Waals surface area contributed by atoms with Crippen LogP contribution >= 0.6 is 0 Å². The number of piperazine rings is 1. The second-order valence-corrected chi connectivity index (χ2v) is 7.77. The molecule has 1 saturated heterocycles. The lowest BCUT2D eigenvalue weighted by molar-refractivity contribution is 0.0348. The molecule has 0 spiro atoms. The molecule has 1 aromatic heterocycles. The molecule has 0 saturated carbocycles. The van der Waals surface area contributed by atoms with Gasteiger partial charge in [-0.15, -0.1) is 0 Å². The van der Waals surface area contributed by atoms with Gasteiger partial charge in [-0.25, -0.2) is 9.07 Å². The van der Waals surface area contributed by atoms with Gasteiger partial charge in [0.2, 0.25) is 0 Å². The van der Waals surface area contributed by atoms with E-state index in [0.29, 0.717) is 12.1 Å². The van der Waals surface area contributed by atoms with Crippen molar-refractivity contribution in [3.8, 4) is 5.69 Å². The van der Waals surface area contributed by atoms with Crippen molar-refractivity contribution in [1.82, 2.24) is 19.6 Å². The van der Waals surface area contributed by atoms with E-state index < -0.39 is 0 Å². The Morgan fingerprint density at radius 2 is 1.89 bits per heavy atom. The second kappa shape index (κ2) is 8.50. The van der Waals surface area contributed by atoms with Crippen LogP contribution in [0.1, 0.15) is 37.2 Å². The van der Waals surface area contributed by atoms with E-state index in [0.717, 1.165) is 49.7 Å². The van der Waals surface area contributed by atoms with Gasteiger partial charge in [0.15, 0.2) is 0 Å². The first-order chi connectivity index (χ1) is 12.9. The normalized spacial score (nSPS) is 19.1. The zero-order valence-electron chi connectivity index (χ0n) is 16.8. The van der Waals surface area contributed by atoms with Gasteiger partial charge in [0.05, 0.1) is 11.4 Å². The average Bonchev–Trinajstić information content (AvgIpc) is 2.91. The summed E-state index contributed by atoms with van der Waals surface area (Å²) in [6.45, 7) is 12.6. The summed E-state index contributed by atoms with van der Waals surface area (Å²) in [6.07, 6.45) is 0.807. The van der Waals surface area contributed by atoms with Crippen LogP contribution in [0.3, 0.4) is 0 Å². The lowest BCUT2D eigenvalue weighted by Gasteiger charge is -2.43. The molecule has 1 aliphatic rings. The Kier molecular flexibility index (Phi) is 6.29. The summed E-state index contributed by atoms with van der Waals surface area (Å²) in [4.78, 5) is 4.96. The Labute approximate surface area is 161 Å². The quantitative estimate of drug-likeness (QED) is 0.844. The molecule has 2 heterocycles. The molecule has 1 atom stereocenters. The minimum Gasteiger partial charge on any atom is -0.396 e. The molecule has 1 N–H and O–H groups in total. The maximum absolute atomic E-state index is 13.2. The minimum atomic E-state index is -0.238. The highest BCUT2D eigenvalue weighted by Gasteiger charge is 2.29. The SMILES string of the molecule is Cc1nn(-c2ccc(F)cc2)c(C)c1CN1CCN(C(C)C)C(CCO)C1. The maximum atomic E-state index is 13.2. The molecule has 1 fully saturated rings. The van der Waals surface area contributed by atoms with Crippen molar-refractivity contribution in [1.29, 1.82) is 0 Å². The number of nitrogens with zero attached hydrogens (tertiary/aromatic N) is 4. The van der Waals surface area contributed by atoms with Crippen LogP contribution in [0.4, 0.5) is 4.39 Å². The molecule has 1 aromatic carbocycles. The summed E-state index contributed by atoms with van der Waals surface area (Å²) in [5, 5.41) is 14.1. The van der Waals surface area contributed by atoms with Gasteiger partial charge in [0.25, 0.3) is 0 Å². The van der Waals surface area contributed by atoms with Gasteiger partial charge < -0.3 is 5.11 Å². The first-order valence-electron chi connectivity index (χ1n) is 9.80. The van der Waals surface area contributed by atoms with Gasteiger partial charge >= 0.3 is 0 Å². The number of aromatic nitrogens is 2. The molecule has 2 aromatic rings. The van der Waals surface area contributed by atoms with Crippen LogP contribution in [0.25, 0.3) is 5.69 Å². The summed E-state index contributed by atoms with van der Waals surface area (Å²) < 4.78 is 15.1. The zero-order valence-corrected chi connectivity index (χ0v) is 16.8. The highest BCUT2D eigenvalue weighted by atomic mass is 19.1. The first kappa shape index (κ1) is 20.0. The van der Waals surface area contributed by atoms with E-state index in [1.54, 1.807) is 12.1 Å². The number of hydrogen-bond donors (Lipinski definition) is 1. The molecular formula is C21H31FN4O. The van der Waals surface area contributed by atoms with Gasteiger partial charge in [0.1, 0.15) is 5.82 Å². The van der Waals surface area contributed by atoms with Crippen molar-refractivity contribution in [3.05, 3.63) is 47.0 Å². The first-order valence-corrected chi connectivity index (χ1v) is 9.80. The number of aliphatic hydroxyl groups is 1. The van der Waals surface area contributed by atoms with Gasteiger partial charge in [-0.2, -0.15) is 5.10 Å². The molecule has 0 bridgehead atoms. The van der Waals surface area contributed by atoms with Crippen LogP contribution in [0, 0.1) is 19.7 Å². The average molecular weight is 375 g/mol. The van der Waals surface area contributed by atoms with Crippen LogP contribution in [-0.4, -0.2) is 63.0 Å². The topological polar surface area (TPSA) is 44.5 Å². The van der Waals surface area contributed by atoms with E-state index in [2.05, 4.69) is 30.6 Å². The maximum Gasteiger partial charge on any atom is 0.123 e. The summed E-state index contributed by atoms with van der Waals surface area (Å²) in [5.41, 5.74) is 4.23. The fraction of sp³-hybridized carbons (Fsp3) is 0.571. The number of aliphatic hydroxyl groups excluding tert-OH is 1. The molecule has 0 amide bonds. The number of hydrogen-bond acceptors (Lipinski definition) is 4. The third kappa shape index (κ3) is 4.39. The van der Waals surface area contributed by atoms with E-state index in [-0.39, 0.29) is 12.4 Å². The molecule has 1 unspecified atom stereocenters. The fourth-order valence-corrected chi connectivity index (χ4v) is 4.12. The Hall–Kier alpha value is -1.76. The van der Waals surface area contributed by atoms with Crippen LogP contribution < -0.4 is 0 Å². The van der Waals surface area contributed by atoms with E-state index in [4.69, 9.17) is 5.10 Å². The highest BCUT2D eigenvalue weighted by molar-refractivity contribution is 5.37. The number of aryl methyl sites for hydroxylation is 1. The fourth-order valence-electron chi connectivity index (χ4n) is 4.12. The van der Waals surface area contributed by atoms with Crippen molar-refractivity contribution in [2.24, 2.45) is 0 Å². The second-order valence-electron chi connectivity index (χ2n) is 7.77. The molecule has 6 heteroatoms. The van der Waals surface area contributed by atoms with Crippen molar-refractivity contribution in [2.75, 3.05) is 26.2 Å². The Bertz CT molecular complexity index is 756. The third-order valence-corrected chi connectivity index (χ3v) is 5.63. The molecule has 0 aliphatic carbocycles. The number of rotatable bonds is 6. The van der Waals surface area contributed by atoms with Crippen LogP contribution in [0.5, 0.6) is 0 Å². The van der Waals surface area contributed by atoms with Gasteiger partial charge in [-0.1, -0.05) is 0 Å². The van der Waals surface area contributed by atoms with Crippen molar-refractivity contribution in [3.63, 3.8) is 0 Å². The molecular weight excluding hydrogens is 343 g/mol. The predicted molar refractivity (Wildman–Crippen MR) is 106 cm³/mol. The van der Waals surface area contributed by atoms with Gasteiger partial charge in [0, 0.05) is 56.1 Å². The zero-order chi connectivity index (χ0) is 19.6. The number of benzene rings is 1. The summed E-state index contributed by atoms with van der Waals surface area (Å²) in [7, 11) is 0. The molecule has 1 aliphatic heterocycles. The lowest BCUT2D eigenvalue weighted by atomic mass is 10.1. The standard InChI is InChI=1S/C21H31FN4O/c1-15(2)25-11-10-24(13-20(25)9-12-27)14-21-16(3)23-26(17(21)4)19-7-5-18(22)6-8-19/h5-8,15,20,27H,9-14H2,1-4H3. The van der Waals surface area contributed by atoms with Crippen molar-refractivity contribution >= 4 is 0 Å². The third-order valence-electron chi connectivity index (χ3n) is 5.63. The van der Waals surface area contributed by atoms with E-state index in [9.17, 15) is 9.50 Å². The monoisotopic (exact) mass is 374 g/mol. The van der Waals surface area contributed by atoms with Crippen LogP contribution in [0.15, 0.2) is 24.3 Å². The molecule has 148 valence electrons.